The van der Waals surface area contributed by atoms with Crippen molar-refractivity contribution in [2.24, 2.45) is 5.92 Å². The normalized spacial score (nSPS) is 22.2. The van der Waals surface area contributed by atoms with Crippen molar-refractivity contribution < 1.29 is 57.7 Å². The van der Waals surface area contributed by atoms with Gasteiger partial charge in [0.05, 0.1) is 0 Å². The molecule has 0 bridgehead atoms. The van der Waals surface area contributed by atoms with Crippen LogP contribution in [-0.4, -0.2) is 8.07 Å². The molecular formula is C20H29Cl3SiTi. The summed E-state index contributed by atoms with van der Waals surface area (Å²) in [5, 5.41) is 1.85. The first-order valence-corrected chi connectivity index (χ1v) is 11.8. The number of hydrogen-bond acceptors (Lipinski definition) is 0. The van der Waals surface area contributed by atoms with Crippen molar-refractivity contribution in [1.82, 2.24) is 0 Å². The Morgan fingerprint density at radius 2 is 1.44 bits per heavy atom. The van der Waals surface area contributed by atoms with E-state index in [-0.39, 0.29) is 42.3 Å². The van der Waals surface area contributed by atoms with Crippen molar-refractivity contribution in [3.63, 3.8) is 0 Å². The molecule has 0 saturated carbocycles. The summed E-state index contributed by atoms with van der Waals surface area (Å²) in [7, 11) is -1.71. The molecule has 0 N–H and O–H groups in total. The van der Waals surface area contributed by atoms with Gasteiger partial charge in [0.1, 0.15) is 0 Å². The summed E-state index contributed by atoms with van der Waals surface area (Å²) >= 11 is 2.38. The minimum absolute atomic E-state index is 0. The van der Waals surface area contributed by atoms with E-state index in [0.717, 1.165) is 5.92 Å². The third-order valence-electron chi connectivity index (χ3n) is 6.08. The predicted octanol–water partition coefficient (Wildman–Crippen LogP) is -3.43. The maximum atomic E-state index is 2.61. The van der Waals surface area contributed by atoms with E-state index in [0.29, 0.717) is 0 Å². The third kappa shape index (κ3) is 4.50. The van der Waals surface area contributed by atoms with Crippen LogP contribution in [0.25, 0.3) is 0 Å². The van der Waals surface area contributed by atoms with Crippen LogP contribution in [0.1, 0.15) is 41.5 Å². The van der Waals surface area contributed by atoms with Gasteiger partial charge in [0.25, 0.3) is 0 Å². The molecule has 0 fully saturated rings. The van der Waals surface area contributed by atoms with E-state index in [4.69, 9.17) is 0 Å². The topological polar surface area (TPSA) is 0 Å². The van der Waals surface area contributed by atoms with Crippen molar-refractivity contribution in [2.45, 2.75) is 59.2 Å². The molecular weight excluding hydrogens is 423 g/mol. The van der Waals surface area contributed by atoms with Gasteiger partial charge in [-0.05, 0) is 0 Å². The summed E-state index contributed by atoms with van der Waals surface area (Å²) in [5.74, 6) is 0.732. The zero-order valence-corrected chi connectivity index (χ0v) is 21.1. The van der Waals surface area contributed by atoms with E-state index in [1.807, 2.05) is 0 Å². The van der Waals surface area contributed by atoms with Gasteiger partial charge in [-0.2, -0.15) is 0 Å². The maximum Gasteiger partial charge on any atom is -1.00 e. The van der Waals surface area contributed by atoms with Crippen molar-refractivity contribution >= 4 is 13.3 Å². The van der Waals surface area contributed by atoms with Crippen LogP contribution >= 0.6 is 0 Å². The average molecular weight is 452 g/mol. The van der Waals surface area contributed by atoms with E-state index in [1.54, 1.807) is 14.6 Å². The van der Waals surface area contributed by atoms with Crippen LogP contribution in [0.4, 0.5) is 0 Å². The van der Waals surface area contributed by atoms with Crippen molar-refractivity contribution in [1.29, 1.82) is 0 Å². The van der Waals surface area contributed by atoms with Gasteiger partial charge in [0.2, 0.25) is 0 Å². The SMILES string of the molecule is CC1=C(C)C(C)([Si](C)(CC(C)C)c2ccccc2)[C]([Ti+3])=C1C.[Cl-].[Cl-].[Cl-]. The Bertz CT molecular complexity index is 614. The fourth-order valence-electron chi connectivity index (χ4n) is 4.33. The monoisotopic (exact) mass is 450 g/mol. The average Bonchev–Trinajstić information content (AvgIpc) is 2.64. The zero-order chi connectivity index (χ0) is 16.7. The van der Waals surface area contributed by atoms with E-state index >= 15 is 0 Å². The summed E-state index contributed by atoms with van der Waals surface area (Å²) in [6, 6.07) is 12.7. The maximum absolute atomic E-state index is 2.61. The molecule has 1 aliphatic rings. The van der Waals surface area contributed by atoms with E-state index in [2.05, 4.69) is 98.9 Å². The summed E-state index contributed by atoms with van der Waals surface area (Å²) < 4.78 is 1.61. The van der Waals surface area contributed by atoms with E-state index in [9.17, 15) is 0 Å². The molecule has 1 aromatic carbocycles. The second-order valence-electron chi connectivity index (χ2n) is 7.67. The number of allylic oxidation sites excluding steroid dienone is 4. The van der Waals surface area contributed by atoms with Gasteiger partial charge in [-0.1, -0.05) is 0 Å². The molecule has 2 unspecified atom stereocenters. The van der Waals surface area contributed by atoms with Gasteiger partial charge < -0.3 is 37.2 Å². The summed E-state index contributed by atoms with van der Waals surface area (Å²) in [4.78, 5) is 0. The standard InChI is InChI=1S/C20H29Si.3ClH.Ti/c1-15(2)14-21(7,19-11-9-8-10-12-19)20(6)13-16(3)17(4)18(20)5;;;;/h8-12,15H,14H2,1-7H3;3*1H;/q;;;;+3/p-3. The van der Waals surface area contributed by atoms with Crippen molar-refractivity contribution in [3.8, 4) is 0 Å². The van der Waals surface area contributed by atoms with Gasteiger partial charge in [0.15, 0.2) is 0 Å². The third-order valence-corrected chi connectivity index (χ3v) is 13.9. The molecule has 0 saturated heterocycles. The van der Waals surface area contributed by atoms with Crippen LogP contribution in [0.15, 0.2) is 50.9 Å². The molecule has 138 valence electrons. The second-order valence-corrected chi connectivity index (χ2v) is 13.1. The second kappa shape index (κ2) is 10.2. The smallest absolute Gasteiger partial charge is 1.00 e. The van der Waals surface area contributed by atoms with Crippen molar-refractivity contribution in [3.05, 3.63) is 50.9 Å². The van der Waals surface area contributed by atoms with Crippen LogP contribution in [0, 0.1) is 5.92 Å². The quantitative estimate of drug-likeness (QED) is 0.418. The molecule has 0 spiro atoms. The van der Waals surface area contributed by atoms with Crippen LogP contribution in [0.3, 0.4) is 0 Å². The Morgan fingerprint density at radius 1 is 0.960 bits per heavy atom. The molecule has 25 heavy (non-hydrogen) atoms. The molecule has 0 amide bonds. The molecule has 0 radical (unpaired) electrons. The van der Waals surface area contributed by atoms with E-state index < -0.39 is 8.07 Å². The largest absolute Gasteiger partial charge is 1.00 e. The molecule has 0 aliphatic heterocycles. The number of rotatable bonds is 4. The van der Waals surface area contributed by atoms with Crippen LogP contribution in [0.5, 0.6) is 0 Å². The van der Waals surface area contributed by atoms with Crippen LogP contribution in [-0.2, 0) is 20.4 Å². The Labute approximate surface area is 186 Å². The van der Waals surface area contributed by atoms with Crippen molar-refractivity contribution in [2.75, 3.05) is 0 Å². The van der Waals surface area contributed by atoms with Crippen LogP contribution < -0.4 is 42.4 Å². The minimum Gasteiger partial charge on any atom is -1.00 e. The summed E-state index contributed by atoms with van der Waals surface area (Å²) in [5.41, 5.74) is 4.66. The van der Waals surface area contributed by atoms with Gasteiger partial charge in [-0.3, -0.25) is 0 Å². The Balaban J connectivity index is 0. The Kier molecular flexibility index (Phi) is 11.3. The zero-order valence-electron chi connectivity index (χ0n) is 16.3. The minimum atomic E-state index is -1.71. The Hall–Kier alpha value is 0.501. The molecule has 2 atom stereocenters. The molecule has 0 aromatic heterocycles. The number of hydrogen-bond donors (Lipinski definition) is 0. The summed E-state index contributed by atoms with van der Waals surface area (Å²) in [6.45, 7) is 16.9. The number of benzene rings is 1. The number of halogens is 3. The fraction of sp³-hybridized carbons (Fsp3) is 0.500. The first-order chi connectivity index (χ1) is 10.2. The first kappa shape index (κ1) is 27.7. The van der Waals surface area contributed by atoms with Gasteiger partial charge in [-0.25, -0.2) is 0 Å². The Morgan fingerprint density at radius 3 is 1.80 bits per heavy atom. The first-order valence-electron chi connectivity index (χ1n) is 8.33. The molecule has 2 rings (SSSR count). The van der Waals surface area contributed by atoms with Crippen LogP contribution in [0.2, 0.25) is 17.6 Å². The predicted molar refractivity (Wildman–Crippen MR) is 96.8 cm³/mol. The van der Waals surface area contributed by atoms with E-state index in [1.165, 1.54) is 17.2 Å². The summed E-state index contributed by atoms with van der Waals surface area (Å²) in [6.07, 6.45) is 0. The van der Waals surface area contributed by atoms with Gasteiger partial charge in [0, 0.05) is 0 Å². The molecule has 1 aromatic rings. The molecule has 0 nitrogen and oxygen atoms in total. The van der Waals surface area contributed by atoms with Gasteiger partial charge in [-0.15, -0.1) is 0 Å². The molecule has 0 heterocycles. The molecule has 1 aliphatic carbocycles. The fourth-order valence-corrected chi connectivity index (χ4v) is 11.7. The molecule has 5 heteroatoms. The van der Waals surface area contributed by atoms with Gasteiger partial charge >= 0.3 is 150 Å².